The zero-order valence-corrected chi connectivity index (χ0v) is 16.8. The topological polar surface area (TPSA) is 63.9 Å². The average Bonchev–Trinajstić information content (AvgIpc) is 3.11. The van der Waals surface area contributed by atoms with Crippen LogP contribution < -0.4 is 0 Å². The number of aromatic nitrogens is 1. The van der Waals surface area contributed by atoms with E-state index >= 15 is 0 Å². The van der Waals surface area contributed by atoms with Crippen LogP contribution in [0.5, 0.6) is 0 Å². The van der Waals surface area contributed by atoms with Gasteiger partial charge in [0.1, 0.15) is 0 Å². The SMILES string of the molecule is CN=C1S/C(=C/c2cc(C)n(-c3cccc(C(=O)OC)c3)c2C)C(=O)N1C. The lowest BCUT2D eigenvalue weighted by molar-refractivity contribution is -0.121. The molecule has 0 atom stereocenters. The molecule has 0 saturated carbocycles. The summed E-state index contributed by atoms with van der Waals surface area (Å²) in [4.78, 5) is 30.6. The van der Waals surface area contributed by atoms with Gasteiger partial charge in [0.25, 0.3) is 5.91 Å². The number of benzene rings is 1. The van der Waals surface area contributed by atoms with Crippen LogP contribution in [0.15, 0.2) is 40.2 Å². The van der Waals surface area contributed by atoms with E-state index in [9.17, 15) is 9.59 Å². The number of aliphatic imine (C=N–C) groups is 1. The van der Waals surface area contributed by atoms with Crippen LogP contribution in [0.2, 0.25) is 0 Å². The number of carbonyl (C=O) groups is 2. The number of thioether (sulfide) groups is 1. The van der Waals surface area contributed by atoms with Crippen molar-refractivity contribution in [3.8, 4) is 5.69 Å². The van der Waals surface area contributed by atoms with E-state index in [1.54, 1.807) is 31.1 Å². The Balaban J connectivity index is 2.03. The van der Waals surface area contributed by atoms with E-state index in [2.05, 4.69) is 9.56 Å². The van der Waals surface area contributed by atoms with Gasteiger partial charge < -0.3 is 9.30 Å². The fourth-order valence-corrected chi connectivity index (χ4v) is 4.03. The fraction of sp³-hybridized carbons (Fsp3) is 0.250. The van der Waals surface area contributed by atoms with Crippen molar-refractivity contribution in [1.29, 1.82) is 0 Å². The van der Waals surface area contributed by atoms with Crippen LogP contribution in [0.25, 0.3) is 11.8 Å². The summed E-state index contributed by atoms with van der Waals surface area (Å²) >= 11 is 1.37. The molecule has 1 aliphatic heterocycles. The Morgan fingerprint density at radius 2 is 2.00 bits per heavy atom. The summed E-state index contributed by atoms with van der Waals surface area (Å²) in [5.74, 6) is -0.429. The first-order valence-corrected chi connectivity index (χ1v) is 9.21. The maximum Gasteiger partial charge on any atom is 0.337 e. The highest BCUT2D eigenvalue weighted by Crippen LogP contribution is 2.33. The molecule has 0 N–H and O–H groups in total. The first-order valence-electron chi connectivity index (χ1n) is 8.39. The largest absolute Gasteiger partial charge is 0.465 e. The molecule has 1 saturated heterocycles. The maximum absolute atomic E-state index is 12.4. The fourth-order valence-electron chi connectivity index (χ4n) is 3.11. The van der Waals surface area contributed by atoms with E-state index in [1.807, 2.05) is 38.1 Å². The molecule has 1 amide bonds. The summed E-state index contributed by atoms with van der Waals surface area (Å²) in [5, 5.41) is 0.686. The Morgan fingerprint density at radius 3 is 2.63 bits per heavy atom. The smallest absolute Gasteiger partial charge is 0.337 e. The number of nitrogens with zero attached hydrogens (tertiary/aromatic N) is 3. The molecule has 1 aliphatic rings. The third kappa shape index (κ3) is 3.42. The van der Waals surface area contributed by atoms with Crippen molar-refractivity contribution in [3.05, 3.63) is 57.8 Å². The van der Waals surface area contributed by atoms with Crippen LogP contribution in [0.1, 0.15) is 27.3 Å². The van der Waals surface area contributed by atoms with Gasteiger partial charge in [-0.1, -0.05) is 6.07 Å². The zero-order chi connectivity index (χ0) is 19.7. The minimum Gasteiger partial charge on any atom is -0.465 e. The molecule has 140 valence electrons. The molecule has 27 heavy (non-hydrogen) atoms. The van der Waals surface area contributed by atoms with Crippen LogP contribution in [-0.4, -0.2) is 47.7 Å². The number of hydrogen-bond acceptors (Lipinski definition) is 5. The van der Waals surface area contributed by atoms with Crippen LogP contribution >= 0.6 is 11.8 Å². The van der Waals surface area contributed by atoms with Gasteiger partial charge in [-0.3, -0.25) is 14.7 Å². The number of methoxy groups -OCH3 is 1. The van der Waals surface area contributed by atoms with Gasteiger partial charge in [-0.2, -0.15) is 0 Å². The lowest BCUT2D eigenvalue weighted by Gasteiger charge is -2.11. The Bertz CT molecular complexity index is 988. The molecule has 1 aromatic carbocycles. The summed E-state index contributed by atoms with van der Waals surface area (Å²) < 4.78 is 6.87. The van der Waals surface area contributed by atoms with Gasteiger partial charge in [-0.15, -0.1) is 0 Å². The summed E-state index contributed by atoms with van der Waals surface area (Å²) in [5.41, 5.74) is 4.32. The number of esters is 1. The first kappa shape index (κ1) is 19.0. The zero-order valence-electron chi connectivity index (χ0n) is 15.9. The number of amides is 1. The highest BCUT2D eigenvalue weighted by molar-refractivity contribution is 8.18. The molecule has 7 heteroatoms. The van der Waals surface area contributed by atoms with Crippen molar-refractivity contribution < 1.29 is 14.3 Å². The van der Waals surface area contributed by atoms with E-state index in [4.69, 9.17) is 4.74 Å². The highest BCUT2D eigenvalue weighted by Gasteiger charge is 2.30. The number of hydrogen-bond donors (Lipinski definition) is 0. The Hall–Kier alpha value is -2.80. The van der Waals surface area contributed by atoms with E-state index in [1.165, 1.54) is 18.9 Å². The number of amidine groups is 1. The van der Waals surface area contributed by atoms with Crippen molar-refractivity contribution in [2.75, 3.05) is 21.2 Å². The van der Waals surface area contributed by atoms with Crippen molar-refractivity contribution >= 4 is 34.9 Å². The Kier molecular flexibility index (Phi) is 5.23. The molecular weight excluding hydrogens is 362 g/mol. The van der Waals surface area contributed by atoms with Gasteiger partial charge in [-0.25, -0.2) is 4.79 Å². The Morgan fingerprint density at radius 1 is 1.26 bits per heavy atom. The van der Waals surface area contributed by atoms with Crippen molar-refractivity contribution in [2.24, 2.45) is 4.99 Å². The quantitative estimate of drug-likeness (QED) is 0.602. The van der Waals surface area contributed by atoms with Gasteiger partial charge in [0.2, 0.25) is 0 Å². The van der Waals surface area contributed by atoms with Crippen LogP contribution in [0.4, 0.5) is 0 Å². The molecule has 2 heterocycles. The number of ether oxygens (including phenoxy) is 1. The van der Waals surface area contributed by atoms with Crippen LogP contribution in [0.3, 0.4) is 0 Å². The second-order valence-corrected chi connectivity index (χ2v) is 7.19. The standard InChI is InChI=1S/C20H21N3O3S/c1-12-9-15(11-17-18(24)22(4)20(21-3)27-17)13(2)23(12)16-8-6-7-14(10-16)19(25)26-5/h6-11H,1-5H3/b17-11+,21-20?. The third-order valence-corrected chi connectivity index (χ3v) is 5.63. The minimum atomic E-state index is -0.371. The predicted molar refractivity (Wildman–Crippen MR) is 108 cm³/mol. The molecule has 0 unspecified atom stereocenters. The summed E-state index contributed by atoms with van der Waals surface area (Å²) in [6, 6.07) is 9.32. The molecule has 0 radical (unpaired) electrons. The van der Waals surface area contributed by atoms with E-state index in [0.29, 0.717) is 15.6 Å². The molecule has 0 bridgehead atoms. The Labute approximate surface area is 162 Å². The normalized spacial score (nSPS) is 17.2. The lowest BCUT2D eigenvalue weighted by Crippen LogP contribution is -2.23. The summed E-state index contributed by atoms with van der Waals surface area (Å²) in [6.07, 6.45) is 1.89. The molecule has 0 aliphatic carbocycles. The van der Waals surface area contributed by atoms with Crippen molar-refractivity contribution in [1.82, 2.24) is 9.47 Å². The van der Waals surface area contributed by atoms with Crippen molar-refractivity contribution in [2.45, 2.75) is 13.8 Å². The number of rotatable bonds is 3. The average molecular weight is 383 g/mol. The molecule has 0 spiro atoms. The van der Waals surface area contributed by atoms with Crippen molar-refractivity contribution in [3.63, 3.8) is 0 Å². The van der Waals surface area contributed by atoms with Crippen LogP contribution in [-0.2, 0) is 9.53 Å². The molecular formula is C20H21N3O3S. The first-order chi connectivity index (χ1) is 12.9. The van der Waals surface area contributed by atoms with Crippen LogP contribution in [0, 0.1) is 13.8 Å². The highest BCUT2D eigenvalue weighted by atomic mass is 32.2. The number of carbonyl (C=O) groups excluding carboxylic acids is 2. The lowest BCUT2D eigenvalue weighted by atomic mass is 10.2. The summed E-state index contributed by atoms with van der Waals surface area (Å²) in [7, 11) is 4.77. The molecule has 1 fully saturated rings. The number of aryl methyl sites for hydroxylation is 1. The van der Waals surface area contributed by atoms with E-state index < -0.39 is 0 Å². The predicted octanol–water partition coefficient (Wildman–Crippen LogP) is 3.41. The van der Waals surface area contributed by atoms with Gasteiger partial charge >= 0.3 is 5.97 Å². The second kappa shape index (κ2) is 7.44. The van der Waals surface area contributed by atoms with E-state index in [0.717, 1.165) is 22.6 Å². The molecule has 3 rings (SSSR count). The van der Waals surface area contributed by atoms with Gasteiger partial charge in [0.15, 0.2) is 5.17 Å². The number of likely N-dealkylation sites (N-methyl/N-ethyl adjacent to an activating group) is 1. The monoisotopic (exact) mass is 383 g/mol. The maximum atomic E-state index is 12.4. The second-order valence-electron chi connectivity index (χ2n) is 6.18. The third-order valence-electron chi connectivity index (χ3n) is 4.48. The minimum absolute atomic E-state index is 0.0573. The molecule has 1 aromatic heterocycles. The molecule has 6 nitrogen and oxygen atoms in total. The van der Waals surface area contributed by atoms with Gasteiger partial charge in [0, 0.05) is 31.2 Å². The summed E-state index contributed by atoms with van der Waals surface area (Å²) in [6.45, 7) is 3.99. The van der Waals surface area contributed by atoms with Gasteiger partial charge in [0.05, 0.1) is 17.6 Å². The van der Waals surface area contributed by atoms with Gasteiger partial charge in [-0.05, 0) is 61.5 Å². The van der Waals surface area contributed by atoms with E-state index in [-0.39, 0.29) is 11.9 Å². The molecule has 2 aromatic rings.